The van der Waals surface area contributed by atoms with Gasteiger partial charge in [0, 0.05) is 6.54 Å². The van der Waals surface area contributed by atoms with Crippen molar-refractivity contribution in [1.29, 1.82) is 0 Å². The fourth-order valence-corrected chi connectivity index (χ4v) is 1.93. The summed E-state index contributed by atoms with van der Waals surface area (Å²) >= 11 is 0. The molecule has 1 rings (SSSR count). The van der Waals surface area contributed by atoms with Crippen LogP contribution in [-0.2, 0) is 0 Å². The smallest absolute Gasteiger partial charge is 0.00100 e. The molecule has 0 aromatic carbocycles. The van der Waals surface area contributed by atoms with Gasteiger partial charge in [0.15, 0.2) is 0 Å². The standard InChI is InChI=1S/C10H22N2/c1-3-10-5-8-12(9-10)7-4-6-11-2/h10-11H,3-9H2,1-2H3. The van der Waals surface area contributed by atoms with Crippen molar-refractivity contribution in [3.8, 4) is 0 Å². The largest absolute Gasteiger partial charge is 0.320 e. The summed E-state index contributed by atoms with van der Waals surface area (Å²) in [5, 5.41) is 3.19. The van der Waals surface area contributed by atoms with E-state index in [1.165, 1.54) is 38.9 Å². The zero-order valence-electron chi connectivity index (χ0n) is 8.47. The molecule has 0 aromatic rings. The lowest BCUT2D eigenvalue weighted by Crippen LogP contribution is -2.24. The molecule has 1 aliphatic rings. The maximum absolute atomic E-state index is 3.19. The number of nitrogens with zero attached hydrogens (tertiary/aromatic N) is 1. The SMILES string of the molecule is CCC1CCN(CCCNC)C1. The summed E-state index contributed by atoms with van der Waals surface area (Å²) < 4.78 is 0. The Kier molecular flexibility index (Phi) is 4.62. The lowest BCUT2D eigenvalue weighted by atomic mass is 10.1. The molecule has 2 nitrogen and oxygen atoms in total. The average Bonchev–Trinajstić information content (AvgIpc) is 2.53. The highest BCUT2D eigenvalue weighted by molar-refractivity contribution is 4.74. The molecule has 0 saturated carbocycles. The Hall–Kier alpha value is -0.0800. The summed E-state index contributed by atoms with van der Waals surface area (Å²) in [5.74, 6) is 0.986. The van der Waals surface area contributed by atoms with E-state index in [1.54, 1.807) is 0 Å². The van der Waals surface area contributed by atoms with Crippen LogP contribution < -0.4 is 5.32 Å². The maximum atomic E-state index is 3.19. The van der Waals surface area contributed by atoms with Gasteiger partial charge in [-0.2, -0.15) is 0 Å². The highest BCUT2D eigenvalue weighted by Crippen LogP contribution is 2.18. The fourth-order valence-electron chi connectivity index (χ4n) is 1.93. The molecule has 1 unspecified atom stereocenters. The van der Waals surface area contributed by atoms with Crippen LogP contribution in [0.4, 0.5) is 0 Å². The van der Waals surface area contributed by atoms with Crippen molar-refractivity contribution < 1.29 is 0 Å². The van der Waals surface area contributed by atoms with Crippen molar-refractivity contribution in [3.05, 3.63) is 0 Å². The zero-order chi connectivity index (χ0) is 8.81. The third kappa shape index (κ3) is 3.11. The molecule has 0 bridgehead atoms. The maximum Gasteiger partial charge on any atom is 0.00100 e. The molecular formula is C10H22N2. The molecule has 0 aliphatic carbocycles. The molecule has 1 fully saturated rings. The monoisotopic (exact) mass is 170 g/mol. The topological polar surface area (TPSA) is 15.3 Å². The van der Waals surface area contributed by atoms with E-state index in [-0.39, 0.29) is 0 Å². The molecule has 2 heteroatoms. The van der Waals surface area contributed by atoms with Crippen LogP contribution in [0, 0.1) is 5.92 Å². The summed E-state index contributed by atoms with van der Waals surface area (Å²) in [6.07, 6.45) is 4.09. The summed E-state index contributed by atoms with van der Waals surface area (Å²) in [6, 6.07) is 0. The minimum Gasteiger partial charge on any atom is -0.320 e. The van der Waals surface area contributed by atoms with E-state index >= 15 is 0 Å². The third-order valence-electron chi connectivity index (χ3n) is 2.85. The number of hydrogen-bond acceptors (Lipinski definition) is 2. The number of likely N-dealkylation sites (tertiary alicyclic amines) is 1. The van der Waals surface area contributed by atoms with Crippen LogP contribution in [0.25, 0.3) is 0 Å². The Morgan fingerprint density at radius 2 is 2.33 bits per heavy atom. The van der Waals surface area contributed by atoms with Crippen molar-refractivity contribution in [1.82, 2.24) is 10.2 Å². The molecule has 1 N–H and O–H groups in total. The number of rotatable bonds is 5. The Morgan fingerprint density at radius 1 is 1.50 bits per heavy atom. The molecule has 0 radical (unpaired) electrons. The predicted octanol–water partition coefficient (Wildman–Crippen LogP) is 1.33. The third-order valence-corrected chi connectivity index (χ3v) is 2.85. The van der Waals surface area contributed by atoms with E-state index in [1.807, 2.05) is 7.05 Å². The fraction of sp³-hybridized carbons (Fsp3) is 1.00. The second-order valence-electron chi connectivity index (χ2n) is 3.82. The van der Waals surface area contributed by atoms with Gasteiger partial charge in [-0.3, -0.25) is 0 Å². The predicted molar refractivity (Wildman–Crippen MR) is 53.4 cm³/mol. The van der Waals surface area contributed by atoms with Gasteiger partial charge in [0.25, 0.3) is 0 Å². The normalized spacial score (nSPS) is 25.0. The first-order valence-electron chi connectivity index (χ1n) is 5.23. The van der Waals surface area contributed by atoms with Crippen LogP contribution >= 0.6 is 0 Å². The molecule has 1 saturated heterocycles. The van der Waals surface area contributed by atoms with E-state index in [2.05, 4.69) is 17.1 Å². The number of nitrogens with one attached hydrogen (secondary N) is 1. The molecule has 1 atom stereocenters. The van der Waals surface area contributed by atoms with Crippen LogP contribution in [0.2, 0.25) is 0 Å². The first kappa shape index (κ1) is 10.0. The highest BCUT2D eigenvalue weighted by atomic mass is 15.1. The van der Waals surface area contributed by atoms with Gasteiger partial charge < -0.3 is 10.2 Å². The van der Waals surface area contributed by atoms with Gasteiger partial charge in [0.1, 0.15) is 0 Å². The van der Waals surface area contributed by atoms with Crippen molar-refractivity contribution in [3.63, 3.8) is 0 Å². The molecule has 0 amide bonds. The van der Waals surface area contributed by atoms with Gasteiger partial charge in [-0.15, -0.1) is 0 Å². The number of hydrogen-bond donors (Lipinski definition) is 1. The van der Waals surface area contributed by atoms with Crippen molar-refractivity contribution in [2.45, 2.75) is 26.2 Å². The Labute approximate surface area is 76.3 Å². The Bertz CT molecular complexity index is 114. The Morgan fingerprint density at radius 3 is 2.92 bits per heavy atom. The van der Waals surface area contributed by atoms with Crippen LogP contribution in [0.15, 0.2) is 0 Å². The molecule has 1 heterocycles. The molecule has 1 aliphatic heterocycles. The van der Waals surface area contributed by atoms with Crippen molar-refractivity contribution >= 4 is 0 Å². The quantitative estimate of drug-likeness (QED) is 0.626. The molecule has 0 spiro atoms. The van der Waals surface area contributed by atoms with Crippen molar-refractivity contribution in [2.75, 3.05) is 33.2 Å². The van der Waals surface area contributed by atoms with Crippen LogP contribution in [0.5, 0.6) is 0 Å². The van der Waals surface area contributed by atoms with Gasteiger partial charge in [-0.1, -0.05) is 13.3 Å². The molecular weight excluding hydrogens is 148 g/mol. The summed E-state index contributed by atoms with van der Waals surface area (Å²) in [4.78, 5) is 2.60. The van der Waals surface area contributed by atoms with E-state index in [0.717, 1.165) is 12.5 Å². The Balaban J connectivity index is 2.03. The van der Waals surface area contributed by atoms with Gasteiger partial charge in [-0.05, 0) is 45.4 Å². The summed E-state index contributed by atoms with van der Waals surface area (Å²) in [5.41, 5.74) is 0. The van der Waals surface area contributed by atoms with Gasteiger partial charge >= 0.3 is 0 Å². The zero-order valence-corrected chi connectivity index (χ0v) is 8.47. The molecule has 0 aromatic heterocycles. The summed E-state index contributed by atoms with van der Waals surface area (Å²) in [6.45, 7) is 7.44. The minimum atomic E-state index is 0.986. The van der Waals surface area contributed by atoms with E-state index < -0.39 is 0 Å². The summed E-state index contributed by atoms with van der Waals surface area (Å²) in [7, 11) is 2.03. The molecule has 72 valence electrons. The second kappa shape index (κ2) is 5.55. The van der Waals surface area contributed by atoms with Gasteiger partial charge in [0.2, 0.25) is 0 Å². The minimum absolute atomic E-state index is 0.986. The lowest BCUT2D eigenvalue weighted by molar-refractivity contribution is 0.317. The highest BCUT2D eigenvalue weighted by Gasteiger charge is 2.19. The van der Waals surface area contributed by atoms with E-state index in [4.69, 9.17) is 0 Å². The second-order valence-corrected chi connectivity index (χ2v) is 3.82. The van der Waals surface area contributed by atoms with E-state index in [9.17, 15) is 0 Å². The van der Waals surface area contributed by atoms with Gasteiger partial charge in [-0.25, -0.2) is 0 Å². The first-order valence-corrected chi connectivity index (χ1v) is 5.23. The first-order chi connectivity index (χ1) is 5.86. The van der Waals surface area contributed by atoms with Crippen LogP contribution in [-0.4, -0.2) is 38.1 Å². The average molecular weight is 170 g/mol. The van der Waals surface area contributed by atoms with Crippen molar-refractivity contribution in [2.24, 2.45) is 5.92 Å². The van der Waals surface area contributed by atoms with Gasteiger partial charge in [0.05, 0.1) is 0 Å². The molecule has 12 heavy (non-hydrogen) atoms. The van der Waals surface area contributed by atoms with Crippen LogP contribution in [0.3, 0.4) is 0 Å². The lowest BCUT2D eigenvalue weighted by Gasteiger charge is -2.14. The van der Waals surface area contributed by atoms with E-state index in [0.29, 0.717) is 0 Å². The van der Waals surface area contributed by atoms with Crippen LogP contribution in [0.1, 0.15) is 26.2 Å².